The summed E-state index contributed by atoms with van der Waals surface area (Å²) in [5, 5.41) is 7.15. The molecule has 2 rings (SSSR count). The van der Waals surface area contributed by atoms with Gasteiger partial charge in [-0.2, -0.15) is 5.10 Å². The average molecular weight is 260 g/mol. The minimum Gasteiger partial charge on any atom is -0.496 e. The van der Waals surface area contributed by atoms with E-state index in [-0.39, 0.29) is 0 Å². The third kappa shape index (κ3) is 2.93. The molecular formula is C14H20N4O. The van der Waals surface area contributed by atoms with Crippen LogP contribution in [0, 0.1) is 0 Å². The van der Waals surface area contributed by atoms with E-state index in [2.05, 4.69) is 41.2 Å². The summed E-state index contributed by atoms with van der Waals surface area (Å²) in [5.74, 6) is 2.69. The van der Waals surface area contributed by atoms with Crippen molar-refractivity contribution in [1.82, 2.24) is 15.2 Å². The first-order valence-corrected chi connectivity index (χ1v) is 6.45. The maximum atomic E-state index is 5.52. The molecule has 0 saturated heterocycles. The average Bonchev–Trinajstić information content (AvgIpc) is 2.87. The van der Waals surface area contributed by atoms with E-state index in [0.717, 1.165) is 17.1 Å². The molecule has 0 unspecified atom stereocenters. The van der Waals surface area contributed by atoms with Crippen LogP contribution in [0.15, 0.2) is 18.2 Å². The van der Waals surface area contributed by atoms with Gasteiger partial charge >= 0.3 is 0 Å². The van der Waals surface area contributed by atoms with E-state index >= 15 is 0 Å². The number of hydrogen-bond donors (Lipinski definition) is 2. The third-order valence-electron chi connectivity index (χ3n) is 3.04. The molecule has 1 heterocycles. The van der Waals surface area contributed by atoms with Crippen LogP contribution in [0.25, 0.3) is 11.4 Å². The standard InChI is InChI=1S/C14H20N4O/c1-9(2)10-4-5-12(19-3)11(8-10)14-16-13(6-7-15)17-18-14/h4-5,8-9H,6-7,15H2,1-3H3,(H,16,17,18). The molecule has 1 aromatic carbocycles. The van der Waals surface area contributed by atoms with Gasteiger partial charge in [0.1, 0.15) is 11.6 Å². The van der Waals surface area contributed by atoms with Crippen molar-refractivity contribution in [2.24, 2.45) is 5.73 Å². The van der Waals surface area contributed by atoms with Gasteiger partial charge < -0.3 is 10.5 Å². The Kier molecular flexibility index (Phi) is 4.16. The van der Waals surface area contributed by atoms with Crippen LogP contribution in [-0.2, 0) is 6.42 Å². The van der Waals surface area contributed by atoms with Crippen molar-refractivity contribution in [2.45, 2.75) is 26.2 Å². The van der Waals surface area contributed by atoms with Crippen molar-refractivity contribution in [3.8, 4) is 17.1 Å². The number of nitrogens with zero attached hydrogens (tertiary/aromatic N) is 2. The van der Waals surface area contributed by atoms with E-state index < -0.39 is 0 Å². The van der Waals surface area contributed by atoms with Gasteiger partial charge in [0.25, 0.3) is 0 Å². The van der Waals surface area contributed by atoms with Crippen molar-refractivity contribution < 1.29 is 4.74 Å². The van der Waals surface area contributed by atoms with Crippen LogP contribution in [0.1, 0.15) is 31.2 Å². The van der Waals surface area contributed by atoms with Gasteiger partial charge in [0.15, 0.2) is 5.82 Å². The summed E-state index contributed by atoms with van der Waals surface area (Å²) in [6, 6.07) is 6.11. The topological polar surface area (TPSA) is 76.8 Å². The molecule has 0 aliphatic carbocycles. The van der Waals surface area contributed by atoms with E-state index in [1.54, 1.807) is 7.11 Å². The summed E-state index contributed by atoms with van der Waals surface area (Å²) in [7, 11) is 1.65. The van der Waals surface area contributed by atoms with Crippen LogP contribution in [0.3, 0.4) is 0 Å². The number of benzene rings is 1. The fourth-order valence-corrected chi connectivity index (χ4v) is 1.92. The molecule has 0 fully saturated rings. The number of nitrogens with two attached hydrogens (primary N) is 1. The maximum Gasteiger partial charge on any atom is 0.184 e. The minimum atomic E-state index is 0.451. The summed E-state index contributed by atoms with van der Waals surface area (Å²) in [6.07, 6.45) is 0.694. The quantitative estimate of drug-likeness (QED) is 0.863. The van der Waals surface area contributed by atoms with Crippen molar-refractivity contribution in [3.63, 3.8) is 0 Å². The highest BCUT2D eigenvalue weighted by atomic mass is 16.5. The lowest BCUT2D eigenvalue weighted by atomic mass is 10.00. The number of hydrogen-bond acceptors (Lipinski definition) is 4. The van der Waals surface area contributed by atoms with Crippen LogP contribution in [0.2, 0.25) is 0 Å². The molecule has 0 atom stereocenters. The number of H-pyrrole nitrogens is 1. The molecule has 0 saturated carbocycles. The maximum absolute atomic E-state index is 5.52. The number of ether oxygens (including phenoxy) is 1. The van der Waals surface area contributed by atoms with Gasteiger partial charge in [-0.3, -0.25) is 5.10 Å². The molecular weight excluding hydrogens is 240 g/mol. The second-order valence-electron chi connectivity index (χ2n) is 4.76. The number of rotatable bonds is 5. The Balaban J connectivity index is 2.42. The number of methoxy groups -OCH3 is 1. The molecule has 3 N–H and O–H groups in total. The van der Waals surface area contributed by atoms with Gasteiger partial charge in [-0.15, -0.1) is 0 Å². The van der Waals surface area contributed by atoms with Crippen molar-refractivity contribution in [2.75, 3.05) is 13.7 Å². The van der Waals surface area contributed by atoms with Crippen LogP contribution >= 0.6 is 0 Å². The Labute approximate surface area is 113 Å². The Hall–Kier alpha value is -1.88. The van der Waals surface area contributed by atoms with E-state index in [1.165, 1.54) is 5.56 Å². The molecule has 0 amide bonds. The molecule has 5 nitrogen and oxygen atoms in total. The van der Waals surface area contributed by atoms with E-state index in [1.807, 2.05) is 6.07 Å². The molecule has 19 heavy (non-hydrogen) atoms. The second-order valence-corrected chi connectivity index (χ2v) is 4.76. The first-order chi connectivity index (χ1) is 9.15. The summed E-state index contributed by atoms with van der Waals surface area (Å²) in [5.41, 5.74) is 7.66. The molecule has 0 spiro atoms. The first-order valence-electron chi connectivity index (χ1n) is 6.45. The molecule has 0 aliphatic rings. The van der Waals surface area contributed by atoms with Gasteiger partial charge in [-0.25, -0.2) is 4.98 Å². The highest BCUT2D eigenvalue weighted by Crippen LogP contribution is 2.30. The fraction of sp³-hybridized carbons (Fsp3) is 0.429. The van der Waals surface area contributed by atoms with Crippen LogP contribution in [0.5, 0.6) is 5.75 Å². The summed E-state index contributed by atoms with van der Waals surface area (Å²) < 4.78 is 5.39. The van der Waals surface area contributed by atoms with Gasteiger partial charge in [-0.05, 0) is 30.2 Å². The fourth-order valence-electron chi connectivity index (χ4n) is 1.92. The largest absolute Gasteiger partial charge is 0.496 e. The lowest BCUT2D eigenvalue weighted by Gasteiger charge is -2.10. The van der Waals surface area contributed by atoms with Crippen LogP contribution < -0.4 is 10.5 Å². The first kappa shape index (κ1) is 13.5. The molecule has 5 heteroatoms. The highest BCUT2D eigenvalue weighted by Gasteiger charge is 2.13. The zero-order valence-electron chi connectivity index (χ0n) is 11.6. The number of aromatic nitrogens is 3. The Bertz CT molecular complexity index is 548. The second kappa shape index (κ2) is 5.84. The van der Waals surface area contributed by atoms with Gasteiger partial charge in [0.2, 0.25) is 0 Å². The summed E-state index contributed by atoms with van der Waals surface area (Å²) >= 11 is 0. The van der Waals surface area contributed by atoms with E-state index in [4.69, 9.17) is 10.5 Å². The zero-order valence-corrected chi connectivity index (χ0v) is 11.6. The highest BCUT2D eigenvalue weighted by molar-refractivity contribution is 5.65. The lowest BCUT2D eigenvalue weighted by molar-refractivity contribution is 0.416. The SMILES string of the molecule is COc1ccc(C(C)C)cc1-c1n[nH]c(CCN)n1. The lowest BCUT2D eigenvalue weighted by Crippen LogP contribution is -2.03. The van der Waals surface area contributed by atoms with Crippen molar-refractivity contribution in [3.05, 3.63) is 29.6 Å². The molecule has 0 radical (unpaired) electrons. The van der Waals surface area contributed by atoms with Crippen molar-refractivity contribution in [1.29, 1.82) is 0 Å². The molecule has 0 bridgehead atoms. The monoisotopic (exact) mass is 260 g/mol. The van der Waals surface area contributed by atoms with Gasteiger partial charge in [0, 0.05) is 6.42 Å². The summed E-state index contributed by atoms with van der Waals surface area (Å²) in [4.78, 5) is 4.45. The third-order valence-corrected chi connectivity index (χ3v) is 3.04. The van der Waals surface area contributed by atoms with Gasteiger partial charge in [-0.1, -0.05) is 19.9 Å². The molecule has 0 aliphatic heterocycles. The predicted octanol–water partition coefficient (Wildman–Crippen LogP) is 2.10. The summed E-state index contributed by atoms with van der Waals surface area (Å²) in [6.45, 7) is 4.87. The zero-order chi connectivity index (χ0) is 13.8. The molecule has 1 aromatic heterocycles. The number of nitrogens with one attached hydrogen (secondary N) is 1. The Morgan fingerprint density at radius 2 is 2.16 bits per heavy atom. The van der Waals surface area contributed by atoms with Crippen LogP contribution in [-0.4, -0.2) is 28.8 Å². The minimum absolute atomic E-state index is 0.451. The number of aromatic amines is 1. The predicted molar refractivity (Wildman–Crippen MR) is 75.2 cm³/mol. The normalized spacial score (nSPS) is 11.0. The smallest absolute Gasteiger partial charge is 0.184 e. The van der Waals surface area contributed by atoms with Crippen LogP contribution in [0.4, 0.5) is 0 Å². The van der Waals surface area contributed by atoms with E-state index in [9.17, 15) is 0 Å². The van der Waals surface area contributed by atoms with Crippen molar-refractivity contribution >= 4 is 0 Å². The molecule has 2 aromatic rings. The Morgan fingerprint density at radius 1 is 1.37 bits per heavy atom. The molecule has 102 valence electrons. The van der Waals surface area contributed by atoms with Gasteiger partial charge in [0.05, 0.1) is 12.7 Å². The van der Waals surface area contributed by atoms with E-state index in [0.29, 0.717) is 24.7 Å². The Morgan fingerprint density at radius 3 is 2.79 bits per heavy atom.